The number of anilines is 4. The second-order valence-corrected chi connectivity index (χ2v) is 20.9. The fourth-order valence-electron chi connectivity index (χ4n) is 10.0. The highest BCUT2D eigenvalue weighted by atomic mass is 32.2. The summed E-state index contributed by atoms with van der Waals surface area (Å²) >= 11 is 0. The first-order valence-corrected chi connectivity index (χ1v) is 25.2. The predicted octanol–water partition coefficient (Wildman–Crippen LogP) is 11.9. The van der Waals surface area contributed by atoms with Crippen molar-refractivity contribution in [3.63, 3.8) is 0 Å². The van der Waals surface area contributed by atoms with Crippen molar-refractivity contribution in [1.29, 1.82) is 0 Å². The number of benzene rings is 8. The lowest BCUT2D eigenvalue weighted by Crippen LogP contribution is -2.33. The van der Waals surface area contributed by atoms with Gasteiger partial charge in [-0.25, -0.2) is 8.42 Å². The quantitative estimate of drug-likeness (QED) is 0.139. The number of hydrogen-bond acceptors (Lipinski definition) is 10. The molecule has 0 aromatic heterocycles. The van der Waals surface area contributed by atoms with E-state index < -0.39 is 9.84 Å². The summed E-state index contributed by atoms with van der Waals surface area (Å²) in [5.74, 6) is 3.24. The topological polar surface area (TPSA) is 84.0 Å². The summed E-state index contributed by atoms with van der Waals surface area (Å²) < 4.78 is 53.2. The monoisotopic (exact) mass is 944 g/mol. The Balaban J connectivity index is 0.741. The highest BCUT2D eigenvalue weighted by molar-refractivity contribution is 7.91. The lowest BCUT2D eigenvalue weighted by atomic mass is 9.77. The van der Waals surface area contributed by atoms with Gasteiger partial charge in [0.1, 0.15) is 23.0 Å². The molecule has 11 heteroatoms. The molecule has 0 bridgehead atoms. The van der Waals surface area contributed by atoms with Crippen molar-refractivity contribution in [2.75, 3.05) is 46.5 Å². The van der Waals surface area contributed by atoms with Crippen LogP contribution < -0.4 is 38.5 Å². The van der Waals surface area contributed by atoms with E-state index in [1.807, 2.05) is 36.4 Å². The smallest absolute Gasteiger partial charge is 0.206 e. The Bertz CT molecular complexity index is 3380. The van der Waals surface area contributed by atoms with E-state index in [2.05, 4.69) is 143 Å². The van der Waals surface area contributed by atoms with Gasteiger partial charge in [0.2, 0.25) is 9.84 Å². The van der Waals surface area contributed by atoms with Gasteiger partial charge in [-0.2, -0.15) is 0 Å². The van der Waals surface area contributed by atoms with Crippen molar-refractivity contribution < 1.29 is 27.4 Å². The van der Waals surface area contributed by atoms with Crippen molar-refractivity contribution >= 4 is 32.6 Å². The number of fused-ring (bicyclic) bond motifs is 4. The van der Waals surface area contributed by atoms with Crippen LogP contribution in [0.4, 0.5) is 22.7 Å². The fraction of sp³-hybridized carbons (Fsp3) is 0.186. The Morgan fingerprint density at radius 1 is 0.371 bits per heavy atom. The van der Waals surface area contributed by atoms with Crippen LogP contribution in [0, 0.1) is 0 Å². The molecule has 350 valence electrons. The molecule has 10 nitrogen and oxygen atoms in total. The van der Waals surface area contributed by atoms with Crippen molar-refractivity contribution in [3.05, 3.63) is 215 Å². The molecule has 0 unspecified atom stereocenters. The van der Waals surface area contributed by atoms with Gasteiger partial charge < -0.3 is 38.5 Å². The maximum absolute atomic E-state index is 14.2. The molecule has 0 amide bonds. The molecule has 4 heterocycles. The second-order valence-electron chi connectivity index (χ2n) is 19.0. The first-order valence-electron chi connectivity index (χ1n) is 23.7. The van der Waals surface area contributed by atoms with Crippen LogP contribution in [-0.4, -0.2) is 35.3 Å². The van der Waals surface area contributed by atoms with Crippen molar-refractivity contribution in [1.82, 2.24) is 0 Å². The van der Waals surface area contributed by atoms with Crippen LogP contribution >= 0.6 is 0 Å². The number of rotatable bonds is 9. The van der Waals surface area contributed by atoms with E-state index >= 15 is 0 Å². The van der Waals surface area contributed by atoms with Gasteiger partial charge in [0.15, 0.2) is 26.9 Å². The Kier molecular flexibility index (Phi) is 10.9. The SMILES string of the molecule is CC(C)(c1ccc2c(c1)CN(c1ccccc1)CO2)c1ccc2c(c1)CN(c1cccc(-c3cccc(N4COc5ccc(S(=O)(=O)c6ccc7c(c6)CN(c6ccccc6)CO7)cc5C4)c3)c1)CO2. The molecule has 0 aliphatic carbocycles. The average molecular weight is 945 g/mol. The van der Waals surface area contributed by atoms with Gasteiger partial charge in [-0.1, -0.05) is 86.6 Å². The number of nitrogens with zero attached hydrogens (tertiary/aromatic N) is 4. The van der Waals surface area contributed by atoms with Gasteiger partial charge in [-0.15, -0.1) is 0 Å². The minimum absolute atomic E-state index is 0.226. The summed E-state index contributed by atoms with van der Waals surface area (Å²) in [6.45, 7) is 8.82. The summed E-state index contributed by atoms with van der Waals surface area (Å²) in [5, 5.41) is 0. The Morgan fingerprint density at radius 3 is 1.11 bits per heavy atom. The molecule has 0 N–H and O–H groups in total. The van der Waals surface area contributed by atoms with Gasteiger partial charge in [0.05, 0.1) is 9.79 Å². The molecule has 70 heavy (non-hydrogen) atoms. The van der Waals surface area contributed by atoms with Gasteiger partial charge in [0, 0.05) is 76.6 Å². The van der Waals surface area contributed by atoms with Gasteiger partial charge in [-0.3, -0.25) is 0 Å². The first-order chi connectivity index (χ1) is 34.1. The second kappa shape index (κ2) is 17.6. The maximum atomic E-state index is 14.2. The van der Waals surface area contributed by atoms with Crippen LogP contribution in [0.15, 0.2) is 192 Å². The van der Waals surface area contributed by atoms with Crippen LogP contribution in [0.1, 0.15) is 47.2 Å². The molecule has 0 saturated heterocycles. The van der Waals surface area contributed by atoms with Crippen LogP contribution in [0.2, 0.25) is 0 Å². The zero-order valence-corrected chi connectivity index (χ0v) is 39.9. The fourth-order valence-corrected chi connectivity index (χ4v) is 11.4. The van der Waals surface area contributed by atoms with Crippen LogP contribution in [0.5, 0.6) is 23.0 Å². The molecule has 0 radical (unpaired) electrons. The number of ether oxygens (including phenoxy) is 4. The number of sulfone groups is 1. The van der Waals surface area contributed by atoms with Crippen molar-refractivity contribution in [3.8, 4) is 34.1 Å². The minimum Gasteiger partial charge on any atom is -0.473 e. The molecule has 0 saturated carbocycles. The summed E-state index contributed by atoms with van der Waals surface area (Å²) in [4.78, 5) is 9.21. The number of para-hydroxylation sites is 2. The van der Waals surface area contributed by atoms with Gasteiger partial charge in [-0.05, 0) is 131 Å². The molecule has 8 aromatic carbocycles. The third kappa shape index (κ3) is 8.19. The van der Waals surface area contributed by atoms with E-state index in [1.165, 1.54) is 16.7 Å². The third-order valence-electron chi connectivity index (χ3n) is 14.2. The largest absolute Gasteiger partial charge is 0.473 e. The highest BCUT2D eigenvalue weighted by Crippen LogP contribution is 2.41. The molecular weight excluding hydrogens is 893 g/mol. The molecule has 4 aliphatic rings. The molecule has 0 atom stereocenters. The molecule has 0 fully saturated rings. The van der Waals surface area contributed by atoms with Crippen molar-refractivity contribution in [2.24, 2.45) is 0 Å². The standard InChI is InChI=1S/C59H52N4O6S/c1-59(2,47-19-23-55-43(27-47)33-60(37-66-55)49-13-5-3-6-14-49)48-20-24-56-44(28-48)34-62(39-68-56)51-17-9-11-41(29-51)42-12-10-18-52(30-42)63-36-46-32-54(22-26-58(46)69-40-63)70(64,65)53-21-25-57-45(31-53)35-61(38-67-57)50-15-7-4-8-16-50/h3-32H,33-40H2,1-2H3. The van der Waals surface area contributed by atoms with E-state index in [9.17, 15) is 8.42 Å². The molecule has 4 aliphatic heterocycles. The van der Waals surface area contributed by atoms with Crippen LogP contribution in [-0.2, 0) is 41.4 Å². The summed E-state index contributed by atoms with van der Waals surface area (Å²) in [5.41, 5.74) is 12.5. The van der Waals surface area contributed by atoms with Gasteiger partial charge >= 0.3 is 0 Å². The predicted molar refractivity (Wildman–Crippen MR) is 275 cm³/mol. The Hall–Kier alpha value is -7.89. The Labute approximate surface area is 409 Å². The van der Waals surface area contributed by atoms with E-state index in [0.717, 1.165) is 68.6 Å². The normalized spacial score (nSPS) is 15.3. The molecule has 0 spiro atoms. The lowest BCUT2D eigenvalue weighted by molar-refractivity contribution is 0.288. The average Bonchev–Trinajstić information content (AvgIpc) is 3.42. The van der Waals surface area contributed by atoms with Crippen LogP contribution in [0.25, 0.3) is 11.1 Å². The molecular formula is C59H52N4O6S. The van der Waals surface area contributed by atoms with E-state index in [1.54, 1.807) is 36.4 Å². The minimum atomic E-state index is -3.84. The van der Waals surface area contributed by atoms with Crippen LogP contribution in [0.3, 0.4) is 0 Å². The summed E-state index contributed by atoms with van der Waals surface area (Å²) in [6, 6.07) is 61.0. The van der Waals surface area contributed by atoms with E-state index in [-0.39, 0.29) is 15.2 Å². The Morgan fingerprint density at radius 2 is 0.714 bits per heavy atom. The zero-order valence-electron chi connectivity index (χ0n) is 39.1. The third-order valence-corrected chi connectivity index (χ3v) is 15.9. The highest BCUT2D eigenvalue weighted by Gasteiger charge is 2.30. The van der Waals surface area contributed by atoms with Crippen molar-refractivity contribution in [2.45, 2.75) is 55.2 Å². The number of hydrogen-bond donors (Lipinski definition) is 0. The first kappa shape index (κ1) is 43.4. The van der Waals surface area contributed by atoms with Gasteiger partial charge in [0.25, 0.3) is 0 Å². The van der Waals surface area contributed by atoms with E-state index in [0.29, 0.717) is 58.1 Å². The maximum Gasteiger partial charge on any atom is 0.206 e. The lowest BCUT2D eigenvalue weighted by Gasteiger charge is -2.34. The summed E-state index contributed by atoms with van der Waals surface area (Å²) in [6.07, 6.45) is 0. The van der Waals surface area contributed by atoms with E-state index in [4.69, 9.17) is 18.9 Å². The zero-order chi connectivity index (χ0) is 47.4. The summed E-state index contributed by atoms with van der Waals surface area (Å²) in [7, 11) is -3.84. The molecule has 8 aromatic rings. The molecule has 12 rings (SSSR count).